The lowest BCUT2D eigenvalue weighted by Crippen LogP contribution is -2.31. The molecule has 4 nitrogen and oxygen atoms in total. The fraction of sp³-hybridized carbons (Fsp3) is 0.833. The molecule has 1 fully saturated rings. The fourth-order valence-electron chi connectivity index (χ4n) is 2.04. The molecule has 6 heteroatoms. The predicted octanol–water partition coefficient (Wildman–Crippen LogP) is 2.35. The first-order chi connectivity index (χ1) is 8.63. The number of rotatable bonds is 4. The van der Waals surface area contributed by atoms with Crippen molar-refractivity contribution in [1.29, 1.82) is 0 Å². The molecule has 0 spiro atoms. The lowest BCUT2D eigenvalue weighted by Gasteiger charge is -2.33. The van der Waals surface area contributed by atoms with Crippen LogP contribution in [0.2, 0.25) is 0 Å². The fourth-order valence-corrected chi connectivity index (χ4v) is 5.03. The van der Waals surface area contributed by atoms with Gasteiger partial charge in [-0.05, 0) is 6.42 Å². The Bertz CT molecular complexity index is 385. The van der Waals surface area contributed by atoms with Crippen molar-refractivity contribution in [3.8, 4) is 0 Å². The SMILES string of the molecule is CCCn1nncc1C(O)C1CSC(C)C(C)S1. The largest absolute Gasteiger partial charge is 0.386 e. The second-order valence-electron chi connectivity index (χ2n) is 4.74. The van der Waals surface area contributed by atoms with Crippen molar-refractivity contribution in [2.75, 3.05) is 5.75 Å². The Morgan fingerprint density at radius 3 is 2.94 bits per heavy atom. The highest BCUT2D eigenvalue weighted by atomic mass is 32.2. The van der Waals surface area contributed by atoms with Crippen molar-refractivity contribution in [2.24, 2.45) is 0 Å². The normalized spacial score (nSPS) is 30.3. The van der Waals surface area contributed by atoms with E-state index in [4.69, 9.17) is 0 Å². The minimum absolute atomic E-state index is 0.246. The topological polar surface area (TPSA) is 50.9 Å². The molecule has 0 amide bonds. The zero-order chi connectivity index (χ0) is 13.1. The Labute approximate surface area is 117 Å². The van der Waals surface area contributed by atoms with Gasteiger partial charge in [0.05, 0.1) is 11.9 Å². The Balaban J connectivity index is 2.06. The van der Waals surface area contributed by atoms with Crippen LogP contribution in [-0.4, -0.2) is 41.6 Å². The van der Waals surface area contributed by atoms with Crippen LogP contribution in [0.3, 0.4) is 0 Å². The average molecular weight is 287 g/mol. The van der Waals surface area contributed by atoms with Crippen LogP contribution in [0.4, 0.5) is 0 Å². The van der Waals surface area contributed by atoms with Gasteiger partial charge in [0.25, 0.3) is 0 Å². The van der Waals surface area contributed by atoms with Crippen LogP contribution in [0.1, 0.15) is 39.0 Å². The molecule has 1 aromatic heterocycles. The summed E-state index contributed by atoms with van der Waals surface area (Å²) in [5.41, 5.74) is 0.858. The molecule has 2 heterocycles. The third-order valence-electron chi connectivity index (χ3n) is 3.31. The van der Waals surface area contributed by atoms with Gasteiger partial charge in [-0.3, -0.25) is 0 Å². The van der Waals surface area contributed by atoms with Crippen LogP contribution < -0.4 is 0 Å². The van der Waals surface area contributed by atoms with Gasteiger partial charge >= 0.3 is 0 Å². The maximum Gasteiger partial charge on any atom is 0.110 e. The number of nitrogens with zero attached hydrogens (tertiary/aromatic N) is 3. The minimum Gasteiger partial charge on any atom is -0.386 e. The van der Waals surface area contributed by atoms with Gasteiger partial charge in [0.15, 0.2) is 0 Å². The summed E-state index contributed by atoms with van der Waals surface area (Å²) in [4.78, 5) is 0. The first-order valence-corrected chi connectivity index (χ1v) is 8.46. The third-order valence-corrected chi connectivity index (χ3v) is 6.79. The minimum atomic E-state index is -0.459. The molecule has 1 aliphatic rings. The Morgan fingerprint density at radius 2 is 2.28 bits per heavy atom. The zero-order valence-corrected chi connectivity index (χ0v) is 12.7. The first-order valence-electron chi connectivity index (χ1n) is 6.47. The van der Waals surface area contributed by atoms with Gasteiger partial charge in [-0.15, -0.1) is 5.10 Å². The van der Waals surface area contributed by atoms with E-state index in [2.05, 4.69) is 31.1 Å². The summed E-state index contributed by atoms with van der Waals surface area (Å²) in [6.07, 6.45) is 2.25. The standard InChI is InChI=1S/C12H21N3OS2/c1-4-5-15-10(6-13-14-15)12(16)11-7-17-8(2)9(3)18-11/h6,8-9,11-12,16H,4-5,7H2,1-3H3. The van der Waals surface area contributed by atoms with Crippen molar-refractivity contribution in [3.05, 3.63) is 11.9 Å². The van der Waals surface area contributed by atoms with Crippen LogP contribution in [0.15, 0.2) is 6.20 Å². The number of aromatic nitrogens is 3. The molecular weight excluding hydrogens is 266 g/mol. The molecule has 102 valence electrons. The van der Waals surface area contributed by atoms with E-state index in [0.717, 1.165) is 24.4 Å². The van der Waals surface area contributed by atoms with E-state index in [0.29, 0.717) is 10.5 Å². The van der Waals surface area contributed by atoms with Crippen LogP contribution in [0.5, 0.6) is 0 Å². The van der Waals surface area contributed by atoms with Crippen LogP contribution >= 0.6 is 23.5 Å². The summed E-state index contributed by atoms with van der Waals surface area (Å²) in [6, 6.07) is 0. The second-order valence-corrected chi connectivity index (χ2v) is 7.78. The van der Waals surface area contributed by atoms with Crippen molar-refractivity contribution in [2.45, 2.75) is 55.6 Å². The lowest BCUT2D eigenvalue weighted by atomic mass is 10.2. The molecule has 0 bridgehead atoms. The number of thioether (sulfide) groups is 2. The zero-order valence-electron chi connectivity index (χ0n) is 11.1. The van der Waals surface area contributed by atoms with Gasteiger partial charge in [0.1, 0.15) is 6.10 Å². The summed E-state index contributed by atoms with van der Waals surface area (Å²) in [6.45, 7) is 7.42. The number of aryl methyl sites for hydroxylation is 1. The van der Waals surface area contributed by atoms with Crippen LogP contribution in [0.25, 0.3) is 0 Å². The Morgan fingerprint density at radius 1 is 1.50 bits per heavy atom. The third kappa shape index (κ3) is 3.03. The van der Waals surface area contributed by atoms with Crippen LogP contribution in [-0.2, 0) is 6.54 Å². The Kier molecular flexibility index (Phi) is 4.98. The summed E-state index contributed by atoms with van der Waals surface area (Å²) in [7, 11) is 0. The first kappa shape index (κ1) is 14.2. The van der Waals surface area contributed by atoms with E-state index in [1.807, 2.05) is 28.2 Å². The van der Waals surface area contributed by atoms with Crippen molar-refractivity contribution >= 4 is 23.5 Å². The Hall–Kier alpha value is -0.200. The van der Waals surface area contributed by atoms with Gasteiger partial charge < -0.3 is 5.11 Å². The van der Waals surface area contributed by atoms with E-state index in [-0.39, 0.29) is 5.25 Å². The molecule has 4 atom stereocenters. The van der Waals surface area contributed by atoms with E-state index < -0.39 is 6.10 Å². The van der Waals surface area contributed by atoms with Crippen molar-refractivity contribution < 1.29 is 5.11 Å². The number of aliphatic hydroxyl groups excluding tert-OH is 1. The summed E-state index contributed by atoms with van der Waals surface area (Å²) in [5.74, 6) is 0.995. The van der Waals surface area contributed by atoms with Crippen LogP contribution in [0, 0.1) is 0 Å². The average Bonchev–Trinajstić information content (AvgIpc) is 2.80. The predicted molar refractivity (Wildman–Crippen MR) is 78.0 cm³/mol. The van der Waals surface area contributed by atoms with Gasteiger partial charge in [-0.1, -0.05) is 26.0 Å². The lowest BCUT2D eigenvalue weighted by molar-refractivity contribution is 0.168. The number of aliphatic hydroxyl groups is 1. The molecule has 1 saturated heterocycles. The molecule has 18 heavy (non-hydrogen) atoms. The molecular formula is C12H21N3OS2. The number of hydrogen-bond donors (Lipinski definition) is 1. The van der Waals surface area contributed by atoms with E-state index >= 15 is 0 Å². The highest BCUT2D eigenvalue weighted by Crippen LogP contribution is 2.40. The maximum atomic E-state index is 10.5. The smallest absolute Gasteiger partial charge is 0.110 e. The molecule has 4 unspecified atom stereocenters. The number of hydrogen-bond acceptors (Lipinski definition) is 5. The van der Waals surface area contributed by atoms with Crippen molar-refractivity contribution in [3.63, 3.8) is 0 Å². The van der Waals surface area contributed by atoms with Gasteiger partial charge in [-0.25, -0.2) is 4.68 Å². The summed E-state index contributed by atoms with van der Waals surface area (Å²) < 4.78 is 1.83. The maximum absolute atomic E-state index is 10.5. The monoisotopic (exact) mass is 287 g/mol. The highest BCUT2D eigenvalue weighted by molar-refractivity contribution is 8.07. The molecule has 0 aliphatic carbocycles. The molecule has 0 aromatic carbocycles. The van der Waals surface area contributed by atoms with E-state index in [1.54, 1.807) is 6.20 Å². The summed E-state index contributed by atoms with van der Waals surface area (Å²) >= 11 is 3.84. The van der Waals surface area contributed by atoms with Gasteiger partial charge in [0, 0.05) is 28.0 Å². The van der Waals surface area contributed by atoms with Gasteiger partial charge in [-0.2, -0.15) is 23.5 Å². The second kappa shape index (κ2) is 6.30. The molecule has 1 aliphatic heterocycles. The molecule has 1 aromatic rings. The van der Waals surface area contributed by atoms with E-state index in [1.165, 1.54) is 0 Å². The highest BCUT2D eigenvalue weighted by Gasteiger charge is 2.32. The summed E-state index contributed by atoms with van der Waals surface area (Å²) in [5, 5.41) is 20.0. The van der Waals surface area contributed by atoms with Crippen molar-refractivity contribution in [1.82, 2.24) is 15.0 Å². The quantitative estimate of drug-likeness (QED) is 0.921. The molecule has 0 saturated carbocycles. The molecule has 0 radical (unpaired) electrons. The molecule has 1 N–H and O–H groups in total. The van der Waals surface area contributed by atoms with Gasteiger partial charge in [0.2, 0.25) is 0 Å². The van der Waals surface area contributed by atoms with E-state index in [9.17, 15) is 5.11 Å². The molecule has 2 rings (SSSR count).